The van der Waals surface area contributed by atoms with E-state index in [1.165, 1.54) is 11.8 Å². The predicted molar refractivity (Wildman–Crippen MR) is 122 cm³/mol. The normalized spacial score (nSPS) is 12.2. The lowest BCUT2D eigenvalue weighted by Gasteiger charge is -2.21. The molecule has 2 aromatic carbocycles. The van der Waals surface area contributed by atoms with E-state index < -0.39 is 0 Å². The zero-order chi connectivity index (χ0) is 22.3. The van der Waals surface area contributed by atoms with E-state index in [4.69, 9.17) is 14.2 Å². The van der Waals surface area contributed by atoms with Gasteiger partial charge in [0.25, 0.3) is 0 Å². The highest BCUT2D eigenvalue weighted by atomic mass is 32.2. The molecule has 0 radical (unpaired) electrons. The largest absolute Gasteiger partial charge is 0.454 e. The molecule has 1 amide bonds. The smallest absolute Gasteiger partial charge is 0.233 e. The summed E-state index contributed by atoms with van der Waals surface area (Å²) >= 11 is 1.39. The molecule has 0 saturated heterocycles. The molecule has 2 heterocycles. The third-order valence-electron chi connectivity index (χ3n) is 5.14. The summed E-state index contributed by atoms with van der Waals surface area (Å²) in [5.41, 5.74) is 1.98. The van der Waals surface area contributed by atoms with Crippen molar-refractivity contribution < 1.29 is 19.0 Å². The summed E-state index contributed by atoms with van der Waals surface area (Å²) in [4.78, 5) is 14.8. The van der Waals surface area contributed by atoms with Crippen molar-refractivity contribution in [3.8, 4) is 22.9 Å². The standard InChI is InChI=1S/C23H26N4O4S/c1-3-26(14-17-9-10-19-20(13-17)31-16-30-19)21(28)15-32-23-25-24-22(27(23)11-12-29-2)18-7-5-4-6-8-18/h4-10,13H,3,11-12,14-16H2,1-2H3. The third-order valence-corrected chi connectivity index (χ3v) is 6.09. The molecule has 0 N–H and O–H groups in total. The number of hydrogen-bond donors (Lipinski definition) is 0. The van der Waals surface area contributed by atoms with Crippen molar-refractivity contribution in [1.29, 1.82) is 0 Å². The average molecular weight is 455 g/mol. The number of fused-ring (bicyclic) bond motifs is 1. The number of ether oxygens (including phenoxy) is 3. The van der Waals surface area contributed by atoms with Gasteiger partial charge in [-0.15, -0.1) is 10.2 Å². The van der Waals surface area contributed by atoms with E-state index in [-0.39, 0.29) is 18.5 Å². The molecule has 0 bridgehead atoms. The fourth-order valence-electron chi connectivity index (χ4n) is 3.43. The molecule has 9 heteroatoms. The van der Waals surface area contributed by atoms with Gasteiger partial charge in [0, 0.05) is 25.8 Å². The van der Waals surface area contributed by atoms with Crippen molar-refractivity contribution in [2.24, 2.45) is 0 Å². The summed E-state index contributed by atoms with van der Waals surface area (Å²) < 4.78 is 18.1. The van der Waals surface area contributed by atoms with Gasteiger partial charge < -0.3 is 19.1 Å². The number of nitrogens with zero attached hydrogens (tertiary/aromatic N) is 4. The quantitative estimate of drug-likeness (QED) is 0.434. The number of methoxy groups -OCH3 is 1. The first-order valence-electron chi connectivity index (χ1n) is 10.5. The number of thioether (sulfide) groups is 1. The topological polar surface area (TPSA) is 78.7 Å². The van der Waals surface area contributed by atoms with Crippen molar-refractivity contribution in [3.63, 3.8) is 0 Å². The van der Waals surface area contributed by atoms with Gasteiger partial charge in [-0.05, 0) is 24.6 Å². The predicted octanol–water partition coefficient (Wildman–Crippen LogP) is 3.46. The molecule has 1 aliphatic rings. The van der Waals surface area contributed by atoms with Gasteiger partial charge in [0.2, 0.25) is 12.7 Å². The second-order valence-electron chi connectivity index (χ2n) is 7.20. The zero-order valence-electron chi connectivity index (χ0n) is 18.2. The highest BCUT2D eigenvalue weighted by Gasteiger charge is 2.19. The van der Waals surface area contributed by atoms with Gasteiger partial charge in [-0.1, -0.05) is 48.2 Å². The number of hydrogen-bond acceptors (Lipinski definition) is 7. The fraction of sp³-hybridized carbons (Fsp3) is 0.348. The first-order chi connectivity index (χ1) is 15.7. The number of benzene rings is 2. The molecule has 0 spiro atoms. The molecule has 8 nitrogen and oxygen atoms in total. The van der Waals surface area contributed by atoms with Gasteiger partial charge in [-0.25, -0.2) is 0 Å². The second kappa shape index (κ2) is 10.5. The Morgan fingerprint density at radius 3 is 2.75 bits per heavy atom. The van der Waals surface area contributed by atoms with Crippen molar-refractivity contribution in [3.05, 3.63) is 54.1 Å². The van der Waals surface area contributed by atoms with Crippen LogP contribution >= 0.6 is 11.8 Å². The van der Waals surface area contributed by atoms with E-state index in [2.05, 4.69) is 10.2 Å². The third kappa shape index (κ3) is 5.05. The van der Waals surface area contributed by atoms with Gasteiger partial charge in [-0.3, -0.25) is 9.36 Å². The molecule has 1 aliphatic heterocycles. The Labute approximate surface area is 191 Å². The minimum Gasteiger partial charge on any atom is -0.454 e. The van der Waals surface area contributed by atoms with E-state index in [1.807, 2.05) is 64.9 Å². The second-order valence-corrected chi connectivity index (χ2v) is 8.14. The van der Waals surface area contributed by atoms with Gasteiger partial charge >= 0.3 is 0 Å². The van der Waals surface area contributed by atoms with Crippen molar-refractivity contribution in [1.82, 2.24) is 19.7 Å². The first kappa shape index (κ1) is 22.2. The molecule has 0 saturated carbocycles. The number of carbonyl (C=O) groups excluding carboxylic acids is 1. The molecule has 32 heavy (non-hydrogen) atoms. The van der Waals surface area contributed by atoms with E-state index >= 15 is 0 Å². The molecule has 0 atom stereocenters. The lowest BCUT2D eigenvalue weighted by molar-refractivity contribution is -0.128. The molecular formula is C23H26N4O4S. The maximum atomic E-state index is 13.0. The van der Waals surface area contributed by atoms with E-state index in [9.17, 15) is 4.79 Å². The van der Waals surface area contributed by atoms with Crippen molar-refractivity contribution >= 4 is 17.7 Å². The molecule has 168 valence electrons. The average Bonchev–Trinajstić information content (AvgIpc) is 3.46. The lowest BCUT2D eigenvalue weighted by Crippen LogP contribution is -2.31. The van der Waals surface area contributed by atoms with Crippen LogP contribution in [0.2, 0.25) is 0 Å². The van der Waals surface area contributed by atoms with Crippen molar-refractivity contribution in [2.75, 3.05) is 32.8 Å². The van der Waals surface area contributed by atoms with Gasteiger partial charge in [0.05, 0.1) is 18.9 Å². The van der Waals surface area contributed by atoms with Crippen LogP contribution in [0.3, 0.4) is 0 Å². The van der Waals surface area contributed by atoms with Crippen molar-refractivity contribution in [2.45, 2.75) is 25.2 Å². The molecule has 0 unspecified atom stereocenters. The summed E-state index contributed by atoms with van der Waals surface area (Å²) in [5, 5.41) is 9.42. The molecule has 0 aliphatic carbocycles. The van der Waals surface area contributed by atoms with Crippen LogP contribution in [0.1, 0.15) is 12.5 Å². The fourth-order valence-corrected chi connectivity index (χ4v) is 4.30. The summed E-state index contributed by atoms with van der Waals surface area (Å²) in [5.74, 6) is 2.55. The van der Waals surface area contributed by atoms with Crippen LogP contribution in [0.15, 0.2) is 53.7 Å². The Bertz CT molecular complexity index is 1060. The zero-order valence-corrected chi connectivity index (χ0v) is 19.0. The maximum Gasteiger partial charge on any atom is 0.233 e. The Hall–Kier alpha value is -3.04. The highest BCUT2D eigenvalue weighted by Crippen LogP contribution is 2.33. The van der Waals surface area contributed by atoms with E-state index in [0.717, 1.165) is 28.5 Å². The SMILES string of the molecule is CCN(Cc1ccc2c(c1)OCO2)C(=O)CSc1nnc(-c2ccccc2)n1CCOC. The van der Waals surface area contributed by atoms with Crippen LogP contribution in [-0.2, 0) is 22.6 Å². The lowest BCUT2D eigenvalue weighted by atomic mass is 10.2. The van der Waals surface area contributed by atoms with Gasteiger partial charge in [0.1, 0.15) is 0 Å². The summed E-state index contributed by atoms with van der Waals surface area (Å²) in [6.07, 6.45) is 0. The molecule has 4 rings (SSSR count). The Morgan fingerprint density at radius 2 is 1.97 bits per heavy atom. The first-order valence-corrected chi connectivity index (χ1v) is 11.4. The van der Waals surface area contributed by atoms with Crippen LogP contribution < -0.4 is 9.47 Å². The number of amides is 1. The van der Waals surface area contributed by atoms with Crippen LogP contribution in [0.25, 0.3) is 11.4 Å². The summed E-state index contributed by atoms with van der Waals surface area (Å²) in [7, 11) is 1.66. The molecular weight excluding hydrogens is 428 g/mol. The van der Waals surface area contributed by atoms with E-state index in [1.54, 1.807) is 7.11 Å². The summed E-state index contributed by atoms with van der Waals surface area (Å²) in [6, 6.07) is 15.7. The Balaban J connectivity index is 1.43. The van der Waals surface area contributed by atoms with E-state index in [0.29, 0.717) is 31.4 Å². The van der Waals surface area contributed by atoms with Crippen LogP contribution in [0, 0.1) is 0 Å². The van der Waals surface area contributed by atoms with Crippen LogP contribution in [-0.4, -0.2) is 58.4 Å². The Kier molecular flexibility index (Phi) is 7.28. The minimum absolute atomic E-state index is 0.0396. The minimum atomic E-state index is 0.0396. The summed E-state index contributed by atoms with van der Waals surface area (Å²) in [6.45, 7) is 4.48. The van der Waals surface area contributed by atoms with Crippen LogP contribution in [0.4, 0.5) is 0 Å². The Morgan fingerprint density at radius 1 is 1.16 bits per heavy atom. The molecule has 3 aromatic rings. The number of rotatable bonds is 10. The van der Waals surface area contributed by atoms with Gasteiger partial charge in [-0.2, -0.15) is 0 Å². The van der Waals surface area contributed by atoms with Gasteiger partial charge in [0.15, 0.2) is 22.5 Å². The maximum absolute atomic E-state index is 13.0. The molecule has 0 fully saturated rings. The van der Waals surface area contributed by atoms with Crippen LogP contribution in [0.5, 0.6) is 11.5 Å². The molecule has 1 aromatic heterocycles. The monoisotopic (exact) mass is 454 g/mol. The number of aromatic nitrogens is 3. The number of carbonyl (C=O) groups is 1. The highest BCUT2D eigenvalue weighted by molar-refractivity contribution is 7.99.